The number of carbonyl (C=O) groups excluding carboxylic acids is 2. The van der Waals surface area contributed by atoms with Gasteiger partial charge in [0.25, 0.3) is 0 Å². The van der Waals surface area contributed by atoms with E-state index in [4.69, 9.17) is 14.2 Å². The fourth-order valence-electron chi connectivity index (χ4n) is 3.39. The van der Waals surface area contributed by atoms with Crippen molar-refractivity contribution in [1.29, 1.82) is 0 Å². The lowest BCUT2D eigenvalue weighted by Gasteiger charge is -2.28. The molecule has 0 unspecified atom stereocenters. The molecule has 5 heteroatoms. The van der Waals surface area contributed by atoms with Crippen molar-refractivity contribution < 1.29 is 23.8 Å². The second kappa shape index (κ2) is 4.29. The van der Waals surface area contributed by atoms with Gasteiger partial charge in [0.2, 0.25) is 0 Å². The minimum Gasteiger partial charge on any atom is -0.468 e. The Balaban J connectivity index is 2.40. The molecule has 0 aromatic heterocycles. The average Bonchev–Trinajstić information content (AvgIpc) is 2.91. The zero-order chi connectivity index (χ0) is 12.6. The third-order valence-corrected chi connectivity index (χ3v) is 4.07. The third kappa shape index (κ3) is 1.56. The van der Waals surface area contributed by atoms with Crippen LogP contribution in [0.25, 0.3) is 0 Å². The van der Waals surface area contributed by atoms with Gasteiger partial charge in [-0.15, -0.1) is 0 Å². The summed E-state index contributed by atoms with van der Waals surface area (Å²) in [6.45, 7) is 2.59. The minimum atomic E-state index is -1.16. The van der Waals surface area contributed by atoms with Crippen LogP contribution in [-0.2, 0) is 23.8 Å². The molecule has 2 rings (SSSR count). The van der Waals surface area contributed by atoms with Crippen LogP contribution < -0.4 is 0 Å². The second-order valence-corrected chi connectivity index (χ2v) is 4.87. The van der Waals surface area contributed by atoms with Crippen LogP contribution in [0.5, 0.6) is 0 Å². The summed E-state index contributed by atoms with van der Waals surface area (Å²) in [7, 11) is 2.61. The Hall–Kier alpha value is -1.10. The molecule has 17 heavy (non-hydrogen) atoms. The Morgan fingerprint density at radius 2 is 1.82 bits per heavy atom. The molecule has 0 aromatic rings. The van der Waals surface area contributed by atoms with E-state index in [9.17, 15) is 9.59 Å². The lowest BCUT2D eigenvalue weighted by atomic mass is 9.76. The predicted octanol–water partition coefficient (Wildman–Crippen LogP) is 0.764. The molecular weight excluding hydrogens is 224 g/mol. The number of hydrogen-bond acceptors (Lipinski definition) is 5. The highest BCUT2D eigenvalue weighted by Gasteiger charge is 2.64. The summed E-state index contributed by atoms with van der Waals surface area (Å²) in [5, 5.41) is 0. The van der Waals surface area contributed by atoms with Gasteiger partial charge in [0.1, 0.15) is 0 Å². The first-order chi connectivity index (χ1) is 8.07. The molecule has 1 saturated carbocycles. The van der Waals surface area contributed by atoms with E-state index in [-0.39, 0.29) is 17.9 Å². The van der Waals surface area contributed by atoms with Gasteiger partial charge in [-0.1, -0.05) is 6.92 Å². The number of rotatable bonds is 2. The number of esters is 2. The first kappa shape index (κ1) is 12.4. The van der Waals surface area contributed by atoms with Crippen molar-refractivity contribution in [2.75, 3.05) is 20.8 Å². The summed E-state index contributed by atoms with van der Waals surface area (Å²) < 4.78 is 15.3. The van der Waals surface area contributed by atoms with E-state index in [1.54, 1.807) is 0 Å². The fourth-order valence-corrected chi connectivity index (χ4v) is 3.39. The molecule has 0 radical (unpaired) electrons. The van der Waals surface area contributed by atoms with Crippen LogP contribution in [0.3, 0.4) is 0 Å². The zero-order valence-electron chi connectivity index (χ0n) is 10.4. The van der Waals surface area contributed by atoms with Crippen molar-refractivity contribution in [1.82, 2.24) is 0 Å². The predicted molar refractivity (Wildman–Crippen MR) is 58.1 cm³/mol. The van der Waals surface area contributed by atoms with Gasteiger partial charge < -0.3 is 14.2 Å². The first-order valence-corrected chi connectivity index (χ1v) is 5.86. The molecular formula is C12H18O5. The molecule has 96 valence electrons. The highest BCUT2D eigenvalue weighted by molar-refractivity contribution is 6.01. The smallest absolute Gasteiger partial charge is 0.323 e. The Morgan fingerprint density at radius 3 is 2.35 bits per heavy atom. The van der Waals surface area contributed by atoms with Crippen LogP contribution in [0, 0.1) is 17.3 Å². The maximum Gasteiger partial charge on any atom is 0.323 e. The maximum absolute atomic E-state index is 12.0. The lowest BCUT2D eigenvalue weighted by Crippen LogP contribution is -2.45. The molecule has 0 N–H and O–H groups in total. The van der Waals surface area contributed by atoms with Crippen molar-refractivity contribution in [3.8, 4) is 0 Å². The number of ether oxygens (including phenoxy) is 3. The normalized spacial score (nSPS) is 34.2. The molecule has 1 saturated heterocycles. The van der Waals surface area contributed by atoms with Crippen LogP contribution in [0.4, 0.5) is 0 Å². The standard InChI is InChI=1S/C12H18O5/c1-7-6-12(10(13)15-2,11(14)16-3)8-4-5-17-9(7)8/h7-9H,4-6H2,1-3H3/t7-,8-,9-/m0/s1. The molecule has 0 aromatic carbocycles. The summed E-state index contributed by atoms with van der Waals surface area (Å²) in [5.74, 6) is -0.929. The van der Waals surface area contributed by atoms with E-state index in [1.807, 2.05) is 6.92 Å². The van der Waals surface area contributed by atoms with E-state index < -0.39 is 17.4 Å². The Kier molecular flexibility index (Phi) is 3.12. The molecule has 0 spiro atoms. The van der Waals surface area contributed by atoms with Crippen LogP contribution in [0.15, 0.2) is 0 Å². The first-order valence-electron chi connectivity index (χ1n) is 5.86. The van der Waals surface area contributed by atoms with Crippen LogP contribution in [-0.4, -0.2) is 38.9 Å². The van der Waals surface area contributed by atoms with Gasteiger partial charge in [-0.2, -0.15) is 0 Å². The van der Waals surface area contributed by atoms with Crippen LogP contribution >= 0.6 is 0 Å². The highest BCUT2D eigenvalue weighted by Crippen LogP contribution is 2.53. The van der Waals surface area contributed by atoms with Crippen LogP contribution in [0.2, 0.25) is 0 Å². The van der Waals surface area contributed by atoms with E-state index in [0.29, 0.717) is 19.4 Å². The van der Waals surface area contributed by atoms with Gasteiger partial charge in [-0.05, 0) is 18.8 Å². The van der Waals surface area contributed by atoms with Gasteiger partial charge in [0, 0.05) is 12.5 Å². The third-order valence-electron chi connectivity index (χ3n) is 4.07. The summed E-state index contributed by atoms with van der Waals surface area (Å²) in [4.78, 5) is 24.1. The largest absolute Gasteiger partial charge is 0.468 e. The van der Waals surface area contributed by atoms with Gasteiger partial charge in [0.05, 0.1) is 20.3 Å². The minimum absolute atomic E-state index is 0.0341. The molecule has 0 bridgehead atoms. The maximum atomic E-state index is 12.0. The van der Waals surface area contributed by atoms with Crippen LogP contribution in [0.1, 0.15) is 19.8 Å². The summed E-state index contributed by atoms with van der Waals surface area (Å²) in [6, 6.07) is 0. The van der Waals surface area contributed by atoms with Gasteiger partial charge >= 0.3 is 11.9 Å². The lowest BCUT2D eigenvalue weighted by molar-refractivity contribution is -0.172. The summed E-state index contributed by atoms with van der Waals surface area (Å²) >= 11 is 0. The monoisotopic (exact) mass is 242 g/mol. The number of fused-ring (bicyclic) bond motifs is 1. The molecule has 3 atom stereocenters. The van der Waals surface area contributed by atoms with E-state index in [0.717, 1.165) is 0 Å². The van der Waals surface area contributed by atoms with E-state index in [1.165, 1.54) is 14.2 Å². The average molecular weight is 242 g/mol. The van der Waals surface area contributed by atoms with Gasteiger partial charge in [-0.25, -0.2) is 0 Å². The Labute approximate surface area is 100 Å². The van der Waals surface area contributed by atoms with Gasteiger partial charge in [0.15, 0.2) is 5.41 Å². The molecule has 5 nitrogen and oxygen atoms in total. The summed E-state index contributed by atoms with van der Waals surface area (Å²) in [5.41, 5.74) is -1.16. The Morgan fingerprint density at radius 1 is 1.24 bits per heavy atom. The molecule has 1 aliphatic heterocycles. The SMILES string of the molecule is COC(=O)C1(C(=O)OC)C[C@H](C)[C@@H]2OCC[C@@H]21. The van der Waals surface area contributed by atoms with Crippen molar-refractivity contribution in [3.05, 3.63) is 0 Å². The molecule has 0 amide bonds. The number of carbonyl (C=O) groups is 2. The number of hydrogen-bond donors (Lipinski definition) is 0. The highest BCUT2D eigenvalue weighted by atomic mass is 16.5. The number of methoxy groups -OCH3 is 2. The van der Waals surface area contributed by atoms with Crippen molar-refractivity contribution in [3.63, 3.8) is 0 Å². The van der Waals surface area contributed by atoms with Gasteiger partial charge in [-0.3, -0.25) is 9.59 Å². The fraction of sp³-hybridized carbons (Fsp3) is 0.833. The quantitative estimate of drug-likeness (QED) is 0.528. The molecule has 1 heterocycles. The van der Waals surface area contributed by atoms with Crippen molar-refractivity contribution in [2.24, 2.45) is 17.3 Å². The zero-order valence-corrected chi connectivity index (χ0v) is 10.4. The van der Waals surface area contributed by atoms with E-state index >= 15 is 0 Å². The van der Waals surface area contributed by atoms with Crippen molar-refractivity contribution in [2.45, 2.75) is 25.9 Å². The Bertz CT molecular complexity index is 322. The molecule has 2 fully saturated rings. The molecule has 1 aliphatic carbocycles. The summed E-state index contributed by atoms with van der Waals surface area (Å²) in [6.07, 6.45) is 1.12. The van der Waals surface area contributed by atoms with Crippen molar-refractivity contribution >= 4 is 11.9 Å². The molecule has 2 aliphatic rings. The topological polar surface area (TPSA) is 61.8 Å². The van der Waals surface area contributed by atoms with E-state index in [2.05, 4.69) is 0 Å². The second-order valence-electron chi connectivity index (χ2n) is 4.87.